The molecule has 1 aromatic carbocycles. The van der Waals surface area contributed by atoms with Crippen molar-refractivity contribution in [3.8, 4) is 11.6 Å². The molecule has 0 fully saturated rings. The Kier molecular flexibility index (Phi) is 4.17. The average molecular weight is 370 g/mol. The first kappa shape index (κ1) is 16.9. The summed E-state index contributed by atoms with van der Waals surface area (Å²) in [7, 11) is 0. The maximum Gasteiger partial charge on any atom is 0.417 e. The lowest BCUT2D eigenvalue weighted by molar-refractivity contribution is -0.383. The Morgan fingerprint density at radius 3 is 2.60 bits per heavy atom. The second-order valence-electron chi connectivity index (χ2n) is 4.85. The molecule has 2 heterocycles. The summed E-state index contributed by atoms with van der Waals surface area (Å²) < 4.78 is 43.4. The highest BCUT2D eigenvalue weighted by atomic mass is 35.5. The molecule has 0 unspecified atom stereocenters. The van der Waals surface area contributed by atoms with Gasteiger partial charge in [-0.1, -0.05) is 11.6 Å². The molecule has 3 rings (SSSR count). The number of pyridine rings is 2. The third-order valence-corrected chi connectivity index (χ3v) is 3.52. The van der Waals surface area contributed by atoms with Gasteiger partial charge >= 0.3 is 6.18 Å². The molecule has 25 heavy (non-hydrogen) atoms. The third-order valence-electron chi connectivity index (χ3n) is 3.25. The minimum Gasteiger partial charge on any atom is -0.435 e. The van der Waals surface area contributed by atoms with Gasteiger partial charge in [0, 0.05) is 18.5 Å². The van der Waals surface area contributed by atoms with Crippen molar-refractivity contribution < 1.29 is 22.8 Å². The molecule has 10 heteroatoms. The maximum absolute atomic E-state index is 12.6. The number of nitrogens with zero attached hydrogens (tertiary/aromatic N) is 3. The van der Waals surface area contributed by atoms with Crippen LogP contribution in [-0.4, -0.2) is 14.9 Å². The Hall–Kier alpha value is -2.94. The highest BCUT2D eigenvalue weighted by Crippen LogP contribution is 2.37. The van der Waals surface area contributed by atoms with Crippen molar-refractivity contribution >= 4 is 28.2 Å². The van der Waals surface area contributed by atoms with Gasteiger partial charge in [0.05, 0.1) is 15.9 Å². The van der Waals surface area contributed by atoms with Crippen LogP contribution in [0.5, 0.6) is 11.6 Å². The molecule has 0 aliphatic rings. The van der Waals surface area contributed by atoms with Gasteiger partial charge in [0.15, 0.2) is 5.75 Å². The smallest absolute Gasteiger partial charge is 0.417 e. The van der Waals surface area contributed by atoms with Crippen LogP contribution in [0.15, 0.2) is 42.7 Å². The van der Waals surface area contributed by atoms with E-state index in [0.717, 1.165) is 0 Å². The summed E-state index contributed by atoms with van der Waals surface area (Å²) in [5, 5.41) is 10.9. The van der Waals surface area contributed by atoms with E-state index in [0.29, 0.717) is 12.3 Å². The zero-order chi connectivity index (χ0) is 18.2. The second-order valence-corrected chi connectivity index (χ2v) is 5.26. The van der Waals surface area contributed by atoms with Crippen molar-refractivity contribution in [3.63, 3.8) is 0 Å². The van der Waals surface area contributed by atoms with Crippen molar-refractivity contribution in [2.75, 3.05) is 0 Å². The van der Waals surface area contributed by atoms with Gasteiger partial charge in [0.25, 0.3) is 5.69 Å². The number of fused-ring (bicyclic) bond motifs is 1. The predicted molar refractivity (Wildman–Crippen MR) is 82.7 cm³/mol. The molecular formula is C15H7ClF3N3O3. The van der Waals surface area contributed by atoms with Crippen LogP contribution in [0.2, 0.25) is 5.02 Å². The van der Waals surface area contributed by atoms with Crippen molar-refractivity contribution in [1.29, 1.82) is 0 Å². The van der Waals surface area contributed by atoms with Crippen LogP contribution in [0.25, 0.3) is 10.9 Å². The summed E-state index contributed by atoms with van der Waals surface area (Å²) in [6.07, 6.45) is -2.60. The molecule has 128 valence electrons. The molecule has 0 aliphatic heterocycles. The zero-order valence-corrected chi connectivity index (χ0v) is 12.9. The maximum atomic E-state index is 12.6. The fraction of sp³-hybridized carbons (Fsp3) is 0.0667. The average Bonchev–Trinajstić information content (AvgIpc) is 2.55. The summed E-state index contributed by atoms with van der Waals surface area (Å²) in [5.74, 6) is -0.189. The number of aromatic nitrogens is 2. The number of nitro benzene ring substituents is 1. The predicted octanol–water partition coefficient (Wildman–Crippen LogP) is 5.00. The van der Waals surface area contributed by atoms with E-state index in [4.69, 9.17) is 16.3 Å². The number of non-ortho nitro benzene ring substituents is 1. The molecule has 0 aliphatic carbocycles. The molecule has 0 bridgehead atoms. The SMILES string of the molecule is O=[N+]([O-])c1ccc(Oc2ncc(C(F)(F)F)cc2Cl)c2ncccc12. The lowest BCUT2D eigenvalue weighted by atomic mass is 10.1. The zero-order valence-electron chi connectivity index (χ0n) is 12.1. The Labute approximate surface area is 143 Å². The van der Waals surface area contributed by atoms with Crippen LogP contribution < -0.4 is 4.74 Å². The van der Waals surface area contributed by atoms with E-state index in [1.54, 1.807) is 0 Å². The topological polar surface area (TPSA) is 78.2 Å². The highest BCUT2D eigenvalue weighted by Gasteiger charge is 2.32. The number of benzene rings is 1. The van der Waals surface area contributed by atoms with Crippen LogP contribution in [0.3, 0.4) is 0 Å². The van der Waals surface area contributed by atoms with Crippen molar-refractivity contribution in [2.45, 2.75) is 6.18 Å². The molecule has 0 radical (unpaired) electrons. The molecular weight excluding hydrogens is 363 g/mol. The summed E-state index contributed by atoms with van der Waals surface area (Å²) >= 11 is 5.80. The van der Waals surface area contributed by atoms with Gasteiger partial charge in [-0.15, -0.1) is 0 Å². The van der Waals surface area contributed by atoms with E-state index in [9.17, 15) is 23.3 Å². The number of ether oxygens (including phenoxy) is 1. The van der Waals surface area contributed by atoms with E-state index < -0.39 is 16.7 Å². The number of halogens is 4. The fourth-order valence-electron chi connectivity index (χ4n) is 2.13. The van der Waals surface area contributed by atoms with E-state index in [-0.39, 0.29) is 33.2 Å². The van der Waals surface area contributed by atoms with Crippen LogP contribution >= 0.6 is 11.6 Å². The summed E-state index contributed by atoms with van der Waals surface area (Å²) in [5.41, 5.74) is -1.03. The molecule has 6 nitrogen and oxygen atoms in total. The second kappa shape index (κ2) is 6.17. The van der Waals surface area contributed by atoms with Crippen LogP contribution in [-0.2, 0) is 6.18 Å². The molecule has 0 amide bonds. The van der Waals surface area contributed by atoms with Crippen molar-refractivity contribution in [2.24, 2.45) is 0 Å². The van der Waals surface area contributed by atoms with E-state index in [1.165, 1.54) is 30.5 Å². The van der Waals surface area contributed by atoms with Crippen molar-refractivity contribution in [1.82, 2.24) is 9.97 Å². The van der Waals surface area contributed by atoms with Gasteiger partial charge in [0.1, 0.15) is 10.5 Å². The largest absolute Gasteiger partial charge is 0.435 e. The summed E-state index contributed by atoms with van der Waals surface area (Å²) in [6, 6.07) is 6.17. The van der Waals surface area contributed by atoms with Crippen LogP contribution in [0.4, 0.5) is 18.9 Å². The minimum atomic E-state index is -4.59. The van der Waals surface area contributed by atoms with E-state index in [2.05, 4.69) is 9.97 Å². The number of alkyl halides is 3. The monoisotopic (exact) mass is 369 g/mol. The first-order chi connectivity index (χ1) is 11.8. The van der Waals surface area contributed by atoms with E-state index in [1.807, 2.05) is 0 Å². The molecule has 2 aromatic heterocycles. The number of hydrogen-bond donors (Lipinski definition) is 0. The summed E-state index contributed by atoms with van der Waals surface area (Å²) in [6.45, 7) is 0. The number of nitro groups is 1. The van der Waals surface area contributed by atoms with Gasteiger partial charge in [-0.3, -0.25) is 15.1 Å². The molecule has 0 saturated carbocycles. The quantitative estimate of drug-likeness (QED) is 0.479. The van der Waals surface area contributed by atoms with Gasteiger partial charge in [0.2, 0.25) is 5.88 Å². The molecule has 0 saturated heterocycles. The minimum absolute atomic E-state index is 0.0790. The van der Waals surface area contributed by atoms with E-state index >= 15 is 0 Å². The van der Waals surface area contributed by atoms with Gasteiger partial charge in [-0.25, -0.2) is 4.98 Å². The molecule has 0 N–H and O–H groups in total. The van der Waals surface area contributed by atoms with Gasteiger partial charge < -0.3 is 4.74 Å². The highest BCUT2D eigenvalue weighted by molar-refractivity contribution is 6.31. The standard InChI is InChI=1S/C15H7ClF3N3O3/c16-10-6-8(15(17,18)19)7-21-14(10)25-12-4-3-11(22(23)24)9-2-1-5-20-13(9)12/h1-7H. The lowest BCUT2D eigenvalue weighted by Gasteiger charge is -2.11. The molecule has 3 aromatic rings. The molecule has 0 atom stereocenters. The lowest BCUT2D eigenvalue weighted by Crippen LogP contribution is -2.05. The fourth-order valence-corrected chi connectivity index (χ4v) is 2.34. The van der Waals surface area contributed by atoms with Gasteiger partial charge in [-0.05, 0) is 24.3 Å². The third kappa shape index (κ3) is 3.31. The van der Waals surface area contributed by atoms with Crippen LogP contribution in [0, 0.1) is 10.1 Å². The Balaban J connectivity index is 2.05. The van der Waals surface area contributed by atoms with Gasteiger partial charge in [-0.2, -0.15) is 13.2 Å². The number of rotatable bonds is 3. The number of hydrogen-bond acceptors (Lipinski definition) is 5. The Bertz CT molecular complexity index is 979. The summed E-state index contributed by atoms with van der Waals surface area (Å²) in [4.78, 5) is 18.1. The van der Waals surface area contributed by atoms with Crippen LogP contribution in [0.1, 0.15) is 5.56 Å². The normalized spacial score (nSPS) is 11.5. The first-order valence-corrected chi connectivity index (χ1v) is 7.08. The molecule has 0 spiro atoms. The first-order valence-electron chi connectivity index (χ1n) is 6.70. The Morgan fingerprint density at radius 2 is 1.96 bits per heavy atom. The van der Waals surface area contributed by atoms with Crippen molar-refractivity contribution in [3.05, 3.63) is 63.4 Å². The Morgan fingerprint density at radius 1 is 1.20 bits per heavy atom.